The molecule has 0 aliphatic heterocycles. The molecule has 0 aliphatic carbocycles. The molecule has 8 aromatic carbocycles. The van der Waals surface area contributed by atoms with E-state index in [9.17, 15) is 65.3 Å². The van der Waals surface area contributed by atoms with Gasteiger partial charge in [-0.3, -0.25) is 28.8 Å². The zero-order valence-corrected chi connectivity index (χ0v) is 53.6. The average molecular weight is 1380 g/mol. The molecule has 0 aliphatic rings. The summed E-state index contributed by atoms with van der Waals surface area (Å²) in [7, 11) is 4.44. The van der Waals surface area contributed by atoms with Gasteiger partial charge in [0.15, 0.2) is 0 Å². The largest absolute Gasteiger partial charge is 0.497 e. The molecule has 0 radical (unpaired) electrons. The number of fused-ring (bicyclic) bond motifs is 2. The highest BCUT2D eigenvalue weighted by atomic mass is 19.4. The Labute approximate surface area is 569 Å². The summed E-state index contributed by atoms with van der Waals surface area (Å²) in [6, 6.07) is 47.2. The van der Waals surface area contributed by atoms with Gasteiger partial charge in [0.25, 0.3) is 23.6 Å². The number of carbonyl (C=O) groups excluding carboxylic acids is 4. The van der Waals surface area contributed by atoms with Gasteiger partial charge in [0, 0.05) is 99.1 Å². The summed E-state index contributed by atoms with van der Waals surface area (Å²) >= 11 is 0. The van der Waals surface area contributed by atoms with Crippen LogP contribution in [-0.4, -0.2) is 113 Å². The fourth-order valence-electron chi connectivity index (χ4n) is 11.1. The van der Waals surface area contributed by atoms with Crippen LogP contribution in [0.25, 0.3) is 67.5 Å². The van der Waals surface area contributed by atoms with Crippen molar-refractivity contribution in [3.63, 3.8) is 0 Å². The van der Waals surface area contributed by atoms with E-state index in [4.69, 9.17) is 18.5 Å². The Hall–Kier alpha value is -12.9. The third kappa shape index (κ3) is 16.8. The Morgan fingerprint density at radius 2 is 0.970 bits per heavy atom. The summed E-state index contributed by atoms with van der Waals surface area (Å²) < 4.78 is 104. The number of carboxylic acids is 2. The maximum absolute atomic E-state index is 13.6. The lowest BCUT2D eigenvalue weighted by molar-refractivity contribution is -0.139. The van der Waals surface area contributed by atoms with Crippen LogP contribution in [0.5, 0.6) is 11.5 Å². The van der Waals surface area contributed by atoms with Gasteiger partial charge in [-0.25, -0.2) is 0 Å². The van der Waals surface area contributed by atoms with Gasteiger partial charge >= 0.3 is 24.3 Å². The van der Waals surface area contributed by atoms with Crippen LogP contribution in [-0.2, 0) is 64.5 Å². The first-order chi connectivity index (χ1) is 48.4. The molecule has 0 unspecified atom stereocenters. The molecule has 101 heavy (non-hydrogen) atoms. The van der Waals surface area contributed by atoms with Crippen LogP contribution < -0.4 is 20.1 Å². The minimum Gasteiger partial charge on any atom is -0.497 e. The Morgan fingerprint density at radius 1 is 0.535 bits per heavy atom. The van der Waals surface area contributed by atoms with Crippen molar-refractivity contribution in [1.82, 2.24) is 39.6 Å². The highest BCUT2D eigenvalue weighted by Gasteiger charge is 2.36. The lowest BCUT2D eigenvalue weighted by Crippen LogP contribution is -2.35. The topological polar surface area (TPSA) is 290 Å². The van der Waals surface area contributed by atoms with Gasteiger partial charge in [-0.1, -0.05) is 83.1 Å². The van der Waals surface area contributed by atoms with E-state index < -0.39 is 85.0 Å². The first kappa shape index (κ1) is 69.5. The first-order valence-electron chi connectivity index (χ1n) is 30.6. The number of benzene rings is 8. The zero-order chi connectivity index (χ0) is 71.7. The van der Waals surface area contributed by atoms with Gasteiger partial charge in [-0.05, 0) is 131 Å². The first-order valence-corrected chi connectivity index (χ1v) is 30.6. The molecule has 4 amide bonds. The Bertz CT molecular complexity index is 5030. The predicted octanol–water partition coefficient (Wildman–Crippen LogP) is 13.7. The SMILES string of the molecule is COc1ccc(CC(=O)Nc2ccc(C(=O)N(CC(=O)O)Cc3ccc(-c4noc(-c5cccc6[nH]ccc56)n4)cc3)cc2)c(C(F)(F)F)c1.COc1ccc(CC(=O)Nc2ccc(C(=O)N(CC(=O)O)Cc3ccc(-c4noc(-c5cccc6c5ccn6C)n4)cc3)cc2)c(C(F)(F)F)c1. The predicted molar refractivity (Wildman–Crippen MR) is 357 cm³/mol. The molecular weight excluding hydrogens is 1320 g/mol. The molecule has 0 spiro atoms. The number of nitrogens with zero attached hydrogens (tertiary/aromatic N) is 7. The van der Waals surface area contributed by atoms with Crippen molar-refractivity contribution in [2.24, 2.45) is 7.05 Å². The molecule has 28 heteroatoms. The van der Waals surface area contributed by atoms with Gasteiger partial charge < -0.3 is 58.7 Å². The Morgan fingerprint density at radius 3 is 1.40 bits per heavy atom. The summed E-state index contributed by atoms with van der Waals surface area (Å²) in [4.78, 5) is 89.9. The summed E-state index contributed by atoms with van der Waals surface area (Å²) in [5.41, 5.74) is 4.49. The molecule has 12 aromatic rings. The number of methoxy groups -OCH3 is 2. The number of halogens is 6. The number of carboxylic acid groups (broad SMARTS) is 2. The Kier molecular flexibility index (Phi) is 20.5. The van der Waals surface area contributed by atoms with Crippen LogP contribution >= 0.6 is 0 Å². The zero-order valence-electron chi connectivity index (χ0n) is 53.6. The van der Waals surface area contributed by atoms with Crippen LogP contribution in [0.15, 0.2) is 203 Å². The second-order valence-electron chi connectivity index (χ2n) is 22.9. The van der Waals surface area contributed by atoms with Gasteiger partial charge in [0.2, 0.25) is 23.5 Å². The quantitative estimate of drug-likeness (QED) is 0.0394. The van der Waals surface area contributed by atoms with Crippen LogP contribution in [0.3, 0.4) is 0 Å². The van der Waals surface area contributed by atoms with Crippen molar-refractivity contribution < 1.29 is 83.8 Å². The average Bonchev–Trinajstić information content (AvgIpc) is 1.69. The molecule has 4 aromatic heterocycles. The molecule has 0 bridgehead atoms. The second-order valence-corrected chi connectivity index (χ2v) is 22.9. The van der Waals surface area contributed by atoms with Gasteiger partial charge in [-0.15, -0.1) is 0 Å². The number of nitrogens with one attached hydrogen (secondary N) is 3. The second kappa shape index (κ2) is 29.9. The molecule has 0 atom stereocenters. The van der Waals surface area contributed by atoms with E-state index in [-0.39, 0.29) is 58.2 Å². The molecule has 0 saturated carbocycles. The van der Waals surface area contributed by atoms with Gasteiger partial charge in [0.1, 0.15) is 24.6 Å². The monoisotopic (exact) mass is 1380 g/mol. The molecule has 12 rings (SSSR count). The van der Waals surface area contributed by atoms with E-state index in [1.807, 2.05) is 72.5 Å². The standard InChI is InChI=1S/C37H30F3N5O6.C36H28F3N5O6/c1-44-17-16-28-29(4-3-5-31(28)44)35-42-34(43-51-35)23-8-6-22(7-9-23)20-45(21-33(47)48)36(49)24-10-13-26(14-11-24)41-32(46)18-25-12-15-27(50-2)19-30(25)37(38,39)40;1-49-26-14-11-24(29(18-26)36(37,38)39)17-31(45)41-25-12-9-23(10-13-25)35(48)44(20-32(46)47)19-21-5-7-22(8-6-21)33-42-34(50-43-33)28-3-2-4-30-27(28)15-16-40-30/h3-17,19H,18,20-21H2,1-2H3,(H,41,46)(H,47,48);2-16,18,40H,17,19-20H2,1H3,(H,41,45)(H,46,47). The number of aromatic amines is 1. The number of aliphatic carboxylic acids is 2. The molecular formula is C73H58F6N10O12. The summed E-state index contributed by atoms with van der Waals surface area (Å²) in [6.07, 6.45) is -6.71. The third-order valence-electron chi connectivity index (χ3n) is 16.0. The number of anilines is 2. The fraction of sp³-hybridized carbons (Fsp3) is 0.151. The van der Waals surface area contributed by atoms with Crippen LogP contribution in [0, 0.1) is 0 Å². The van der Waals surface area contributed by atoms with Gasteiger partial charge in [-0.2, -0.15) is 36.3 Å². The van der Waals surface area contributed by atoms with Crippen molar-refractivity contribution in [3.05, 3.63) is 239 Å². The maximum atomic E-state index is 13.6. The molecule has 514 valence electrons. The maximum Gasteiger partial charge on any atom is 0.416 e. The van der Waals surface area contributed by atoms with Crippen molar-refractivity contribution in [2.75, 3.05) is 37.9 Å². The van der Waals surface area contributed by atoms with Crippen molar-refractivity contribution >= 4 is 68.7 Å². The highest BCUT2D eigenvalue weighted by molar-refractivity contribution is 5.99. The number of aromatic nitrogens is 6. The summed E-state index contributed by atoms with van der Waals surface area (Å²) in [5, 5.41) is 34.2. The minimum absolute atomic E-state index is 0.0100. The van der Waals surface area contributed by atoms with Gasteiger partial charge in [0.05, 0.1) is 38.2 Å². The normalized spacial score (nSPS) is 11.4. The lowest BCUT2D eigenvalue weighted by atomic mass is 10.0. The van der Waals surface area contributed by atoms with E-state index >= 15 is 0 Å². The van der Waals surface area contributed by atoms with Crippen LogP contribution in [0.2, 0.25) is 0 Å². The van der Waals surface area contributed by atoms with Crippen LogP contribution in [0.4, 0.5) is 37.7 Å². The van der Waals surface area contributed by atoms with E-state index in [1.54, 1.807) is 48.5 Å². The molecule has 4 heterocycles. The number of ether oxygens (including phenoxy) is 2. The fourth-order valence-corrected chi connectivity index (χ4v) is 11.1. The van der Waals surface area contributed by atoms with Crippen molar-refractivity contribution in [2.45, 2.75) is 38.3 Å². The minimum atomic E-state index is -4.69. The molecule has 0 fully saturated rings. The highest BCUT2D eigenvalue weighted by Crippen LogP contribution is 2.38. The number of aryl methyl sites for hydroxylation is 1. The van der Waals surface area contributed by atoms with Crippen molar-refractivity contribution in [1.29, 1.82) is 0 Å². The number of H-pyrrole nitrogens is 1. The number of rotatable bonds is 22. The third-order valence-corrected chi connectivity index (χ3v) is 16.0. The smallest absolute Gasteiger partial charge is 0.416 e. The van der Waals surface area contributed by atoms with E-state index in [0.29, 0.717) is 45.7 Å². The number of alkyl halides is 6. The molecule has 5 N–H and O–H groups in total. The Balaban J connectivity index is 0.000000203. The molecule has 0 saturated heterocycles. The number of amides is 4. The summed E-state index contributed by atoms with van der Waals surface area (Å²) in [5.74, 6) is -3.54. The van der Waals surface area contributed by atoms with E-state index in [2.05, 4.69) is 35.9 Å². The van der Waals surface area contributed by atoms with E-state index in [0.717, 1.165) is 54.9 Å². The number of carbonyl (C=O) groups is 6. The number of hydrogen-bond donors (Lipinski definition) is 5. The number of hydrogen-bond acceptors (Lipinski definition) is 14. The molecule has 22 nitrogen and oxygen atoms in total. The summed E-state index contributed by atoms with van der Waals surface area (Å²) in [6.45, 7) is -1.22. The van der Waals surface area contributed by atoms with E-state index in [1.165, 1.54) is 87.0 Å². The lowest BCUT2D eigenvalue weighted by Gasteiger charge is -2.21. The van der Waals surface area contributed by atoms with Crippen LogP contribution in [0.1, 0.15) is 54.1 Å². The van der Waals surface area contributed by atoms with Crippen molar-refractivity contribution in [3.8, 4) is 57.2 Å².